The molecular weight excluding hydrogens is 126 g/mol. The molecule has 1 aliphatic rings. The first-order valence-electron chi connectivity index (χ1n) is 3.27. The Balaban J connectivity index is 2.88. The third-order valence-electron chi connectivity index (χ3n) is 1.78. The molecule has 0 aromatic heterocycles. The Morgan fingerprint density at radius 2 is 2.10 bits per heavy atom. The molecule has 0 fully saturated rings. The molecule has 0 atom stereocenters. The smallest absolute Gasteiger partial charge is 0.113 e. The fraction of sp³-hybridized carbons (Fsp3) is 0.429. The molecule has 0 saturated carbocycles. The zero-order valence-corrected chi connectivity index (χ0v) is 6.39. The summed E-state index contributed by atoms with van der Waals surface area (Å²) in [5.41, 5.74) is 8.05. The highest BCUT2D eigenvalue weighted by molar-refractivity contribution is 5.29. The van der Waals surface area contributed by atoms with E-state index in [1.165, 1.54) is 11.1 Å². The average molecular weight is 139 g/mol. The third kappa shape index (κ3) is 1.14. The quantitative estimate of drug-likeness (QED) is 0.475. The van der Waals surface area contributed by atoms with Crippen LogP contribution in [0.25, 0.3) is 0 Å². The van der Waals surface area contributed by atoms with Crippen LogP contribution in [-0.4, -0.2) is 11.6 Å². The summed E-state index contributed by atoms with van der Waals surface area (Å²) in [6, 6.07) is 0. The maximum absolute atomic E-state index is 5.56. The van der Waals surface area contributed by atoms with E-state index in [1.807, 2.05) is 13.0 Å². The highest BCUT2D eigenvalue weighted by Crippen LogP contribution is 2.13. The van der Waals surface area contributed by atoms with Crippen molar-refractivity contribution in [3.05, 3.63) is 23.0 Å². The van der Waals surface area contributed by atoms with Gasteiger partial charge in [0.25, 0.3) is 0 Å². The summed E-state index contributed by atoms with van der Waals surface area (Å²) in [7, 11) is 0. The Morgan fingerprint density at radius 3 is 2.60 bits per heavy atom. The van der Waals surface area contributed by atoms with E-state index in [9.17, 15) is 0 Å². The van der Waals surface area contributed by atoms with Gasteiger partial charge in [0, 0.05) is 0 Å². The maximum atomic E-state index is 5.56. The Labute approximate surface area is 61.0 Å². The van der Waals surface area contributed by atoms with Gasteiger partial charge in [-0.3, -0.25) is 5.01 Å². The zero-order valence-electron chi connectivity index (χ0n) is 6.39. The lowest BCUT2D eigenvalue weighted by atomic mass is 10.1. The van der Waals surface area contributed by atoms with E-state index in [2.05, 4.69) is 6.92 Å². The van der Waals surface area contributed by atoms with Crippen LogP contribution in [0.1, 0.15) is 13.8 Å². The van der Waals surface area contributed by atoms with Gasteiger partial charge in [-0.1, -0.05) is 0 Å². The van der Waals surface area contributed by atoms with Gasteiger partial charge in [-0.2, -0.15) is 0 Å². The van der Waals surface area contributed by atoms with Crippen molar-refractivity contribution in [3.63, 3.8) is 0 Å². The largest absolute Gasteiger partial charge is 0.384 e. The van der Waals surface area contributed by atoms with Gasteiger partial charge in [0.1, 0.15) is 5.82 Å². The van der Waals surface area contributed by atoms with Gasteiger partial charge in [-0.25, -0.2) is 5.84 Å². The molecule has 10 heavy (non-hydrogen) atoms. The number of nitrogens with zero attached hydrogens (tertiary/aromatic N) is 1. The molecule has 0 aliphatic carbocycles. The summed E-state index contributed by atoms with van der Waals surface area (Å²) in [6.07, 6.45) is 1.89. The van der Waals surface area contributed by atoms with Crippen molar-refractivity contribution in [2.45, 2.75) is 13.8 Å². The van der Waals surface area contributed by atoms with Crippen LogP contribution in [0, 0.1) is 0 Å². The molecule has 0 spiro atoms. The average Bonchev–Trinajstić information content (AvgIpc) is 1.84. The van der Waals surface area contributed by atoms with Crippen molar-refractivity contribution in [2.24, 2.45) is 11.6 Å². The molecule has 0 bridgehead atoms. The molecule has 1 aliphatic heterocycles. The lowest BCUT2D eigenvalue weighted by molar-refractivity contribution is 0.377. The van der Waals surface area contributed by atoms with Crippen LogP contribution < -0.4 is 11.6 Å². The predicted molar refractivity (Wildman–Crippen MR) is 41.5 cm³/mol. The second kappa shape index (κ2) is 2.34. The summed E-state index contributed by atoms with van der Waals surface area (Å²) in [5.74, 6) is 6.18. The zero-order chi connectivity index (χ0) is 7.72. The molecule has 0 aromatic carbocycles. The SMILES string of the molecule is CC1=C(C)CN(N)C(N)=C1. The Kier molecular flexibility index (Phi) is 1.68. The van der Waals surface area contributed by atoms with Gasteiger partial charge in [-0.05, 0) is 31.1 Å². The van der Waals surface area contributed by atoms with Crippen LogP contribution in [0.4, 0.5) is 0 Å². The van der Waals surface area contributed by atoms with Gasteiger partial charge in [0.2, 0.25) is 0 Å². The molecule has 3 heteroatoms. The lowest BCUT2D eigenvalue weighted by Crippen LogP contribution is -2.37. The Morgan fingerprint density at radius 1 is 1.50 bits per heavy atom. The molecule has 1 rings (SSSR count). The second-order valence-corrected chi connectivity index (χ2v) is 2.66. The van der Waals surface area contributed by atoms with Gasteiger partial charge in [-0.15, -0.1) is 0 Å². The Bertz CT molecular complexity index is 203. The number of allylic oxidation sites excluding steroid dienone is 2. The summed E-state index contributed by atoms with van der Waals surface area (Å²) in [4.78, 5) is 0. The van der Waals surface area contributed by atoms with Crippen molar-refractivity contribution in [1.82, 2.24) is 5.01 Å². The summed E-state index contributed by atoms with van der Waals surface area (Å²) < 4.78 is 0. The van der Waals surface area contributed by atoms with Crippen molar-refractivity contribution in [2.75, 3.05) is 6.54 Å². The monoisotopic (exact) mass is 139 g/mol. The minimum absolute atomic E-state index is 0.642. The second-order valence-electron chi connectivity index (χ2n) is 2.66. The lowest BCUT2D eigenvalue weighted by Gasteiger charge is -2.24. The van der Waals surface area contributed by atoms with Gasteiger partial charge < -0.3 is 5.73 Å². The van der Waals surface area contributed by atoms with Crippen molar-refractivity contribution >= 4 is 0 Å². The van der Waals surface area contributed by atoms with E-state index in [1.54, 1.807) is 5.01 Å². The molecule has 3 nitrogen and oxygen atoms in total. The highest BCUT2D eigenvalue weighted by atomic mass is 15.4. The van der Waals surface area contributed by atoms with Gasteiger partial charge in [0.05, 0.1) is 6.54 Å². The number of hydrogen-bond acceptors (Lipinski definition) is 3. The minimum atomic E-state index is 0.642. The molecule has 0 aromatic rings. The standard InChI is InChI=1S/C7H13N3/c1-5-3-7(8)10(9)4-6(5)2/h3H,4,8-9H2,1-2H3. The first kappa shape index (κ1) is 7.15. The first-order valence-corrected chi connectivity index (χ1v) is 3.27. The predicted octanol–water partition coefficient (Wildman–Crippen LogP) is 0.312. The van der Waals surface area contributed by atoms with Crippen molar-refractivity contribution in [3.8, 4) is 0 Å². The van der Waals surface area contributed by atoms with E-state index in [4.69, 9.17) is 11.6 Å². The van der Waals surface area contributed by atoms with Gasteiger partial charge in [0.15, 0.2) is 0 Å². The van der Waals surface area contributed by atoms with E-state index < -0.39 is 0 Å². The molecular formula is C7H13N3. The van der Waals surface area contributed by atoms with Crippen LogP contribution in [0.15, 0.2) is 23.0 Å². The van der Waals surface area contributed by atoms with Crippen LogP contribution in [0.5, 0.6) is 0 Å². The maximum Gasteiger partial charge on any atom is 0.113 e. The number of rotatable bonds is 0. The van der Waals surface area contributed by atoms with Crippen LogP contribution >= 0.6 is 0 Å². The fourth-order valence-corrected chi connectivity index (χ4v) is 0.899. The fourth-order valence-electron chi connectivity index (χ4n) is 0.899. The first-order chi connectivity index (χ1) is 4.61. The molecule has 1 heterocycles. The third-order valence-corrected chi connectivity index (χ3v) is 1.78. The molecule has 0 saturated heterocycles. The number of hydrogen-bond donors (Lipinski definition) is 2. The van der Waals surface area contributed by atoms with Gasteiger partial charge >= 0.3 is 0 Å². The summed E-state index contributed by atoms with van der Waals surface area (Å²) in [6.45, 7) is 4.83. The van der Waals surface area contributed by atoms with E-state index in [0.29, 0.717) is 5.82 Å². The molecule has 0 radical (unpaired) electrons. The van der Waals surface area contributed by atoms with Crippen molar-refractivity contribution < 1.29 is 0 Å². The van der Waals surface area contributed by atoms with Crippen molar-refractivity contribution in [1.29, 1.82) is 0 Å². The van der Waals surface area contributed by atoms with Crippen LogP contribution in [0.3, 0.4) is 0 Å². The molecule has 56 valence electrons. The molecule has 0 amide bonds. The highest BCUT2D eigenvalue weighted by Gasteiger charge is 2.08. The topological polar surface area (TPSA) is 55.3 Å². The molecule has 4 N–H and O–H groups in total. The number of hydrazine groups is 1. The number of nitrogens with two attached hydrogens (primary N) is 2. The van der Waals surface area contributed by atoms with Crippen LogP contribution in [0.2, 0.25) is 0 Å². The summed E-state index contributed by atoms with van der Waals surface area (Å²) in [5, 5.41) is 1.54. The van der Waals surface area contributed by atoms with E-state index in [0.717, 1.165) is 6.54 Å². The van der Waals surface area contributed by atoms with Crippen LogP contribution in [-0.2, 0) is 0 Å². The molecule has 0 unspecified atom stereocenters. The van der Waals surface area contributed by atoms with E-state index >= 15 is 0 Å². The minimum Gasteiger partial charge on any atom is -0.384 e. The normalized spacial score (nSPS) is 19.5. The Hall–Kier alpha value is -0.960. The summed E-state index contributed by atoms with van der Waals surface area (Å²) >= 11 is 0. The van der Waals surface area contributed by atoms with E-state index in [-0.39, 0.29) is 0 Å².